The lowest BCUT2D eigenvalue weighted by molar-refractivity contribution is -0.120. The zero-order valence-electron chi connectivity index (χ0n) is 10.3. The normalized spacial score (nSPS) is 23.7. The molecule has 1 fully saturated rings. The number of aryl methyl sites for hydroxylation is 1. The van der Waals surface area contributed by atoms with E-state index < -0.39 is 0 Å². The van der Waals surface area contributed by atoms with Crippen LogP contribution in [0.2, 0.25) is 5.15 Å². The summed E-state index contributed by atoms with van der Waals surface area (Å²) in [6.07, 6.45) is 3.44. The van der Waals surface area contributed by atoms with E-state index in [1.165, 1.54) is 0 Å². The van der Waals surface area contributed by atoms with Gasteiger partial charge in [0.25, 0.3) is 0 Å². The monoisotopic (exact) mass is 268 g/mol. The maximum Gasteiger partial charge on any atom is 0.231 e. The van der Waals surface area contributed by atoms with Crippen LogP contribution in [0.5, 0.6) is 0 Å². The molecule has 18 heavy (non-hydrogen) atoms. The van der Waals surface area contributed by atoms with Gasteiger partial charge in [0.15, 0.2) is 0 Å². The molecule has 1 heterocycles. The van der Waals surface area contributed by atoms with Gasteiger partial charge in [-0.2, -0.15) is 0 Å². The molecule has 1 aliphatic carbocycles. The number of nitrogens with one attached hydrogen (secondary N) is 1. The van der Waals surface area contributed by atoms with Gasteiger partial charge < -0.3 is 5.73 Å². The van der Waals surface area contributed by atoms with Gasteiger partial charge in [-0.15, -0.1) is 0 Å². The molecule has 0 radical (unpaired) electrons. The molecule has 0 saturated heterocycles. The molecular weight excluding hydrogens is 252 g/mol. The summed E-state index contributed by atoms with van der Waals surface area (Å²) >= 11 is 5.82. The van der Waals surface area contributed by atoms with Crippen molar-refractivity contribution >= 4 is 23.5 Å². The summed E-state index contributed by atoms with van der Waals surface area (Å²) in [6, 6.07) is 1.88. The van der Waals surface area contributed by atoms with Crippen molar-refractivity contribution in [3.05, 3.63) is 16.9 Å². The molecule has 98 valence electrons. The van der Waals surface area contributed by atoms with E-state index >= 15 is 0 Å². The standard InChI is InChI=1S/C12H17ClN4O/c1-7-6-10(13)16-12(15-7)17-11(18)8-2-4-9(14)5-3-8/h6,8-9H,2-5,14H2,1H3,(H,15,16,17,18). The van der Waals surface area contributed by atoms with Crippen molar-refractivity contribution in [3.63, 3.8) is 0 Å². The maximum absolute atomic E-state index is 12.0. The molecule has 0 unspecified atom stereocenters. The first kappa shape index (κ1) is 13.2. The number of anilines is 1. The molecule has 0 bridgehead atoms. The molecule has 0 aliphatic heterocycles. The number of carbonyl (C=O) groups excluding carboxylic acids is 1. The number of nitrogens with zero attached hydrogens (tertiary/aromatic N) is 2. The van der Waals surface area contributed by atoms with E-state index in [4.69, 9.17) is 17.3 Å². The highest BCUT2D eigenvalue weighted by atomic mass is 35.5. The minimum Gasteiger partial charge on any atom is -0.328 e. The van der Waals surface area contributed by atoms with Crippen LogP contribution in [0.25, 0.3) is 0 Å². The van der Waals surface area contributed by atoms with Crippen molar-refractivity contribution in [2.24, 2.45) is 11.7 Å². The highest BCUT2D eigenvalue weighted by Crippen LogP contribution is 2.24. The summed E-state index contributed by atoms with van der Waals surface area (Å²) in [6.45, 7) is 1.81. The van der Waals surface area contributed by atoms with Gasteiger partial charge in [-0.05, 0) is 38.7 Å². The largest absolute Gasteiger partial charge is 0.328 e. The Bertz CT molecular complexity index is 423. The van der Waals surface area contributed by atoms with Gasteiger partial charge in [0, 0.05) is 17.7 Å². The van der Waals surface area contributed by atoms with Crippen LogP contribution >= 0.6 is 11.6 Å². The Morgan fingerprint density at radius 3 is 2.67 bits per heavy atom. The zero-order chi connectivity index (χ0) is 13.1. The van der Waals surface area contributed by atoms with Gasteiger partial charge in [-0.1, -0.05) is 11.6 Å². The van der Waals surface area contributed by atoms with Crippen LogP contribution < -0.4 is 11.1 Å². The van der Waals surface area contributed by atoms with Gasteiger partial charge >= 0.3 is 0 Å². The molecule has 6 heteroatoms. The van der Waals surface area contributed by atoms with Crippen molar-refractivity contribution in [3.8, 4) is 0 Å². The Labute approximate surface area is 111 Å². The van der Waals surface area contributed by atoms with Crippen molar-refractivity contribution in [1.29, 1.82) is 0 Å². The SMILES string of the molecule is Cc1cc(Cl)nc(NC(=O)C2CCC(N)CC2)n1. The molecule has 2 rings (SSSR count). The summed E-state index contributed by atoms with van der Waals surface area (Å²) in [5.41, 5.74) is 6.55. The third-order valence-electron chi connectivity index (χ3n) is 3.20. The summed E-state index contributed by atoms with van der Waals surface area (Å²) < 4.78 is 0. The maximum atomic E-state index is 12.0. The topological polar surface area (TPSA) is 80.9 Å². The number of hydrogen-bond donors (Lipinski definition) is 2. The lowest BCUT2D eigenvalue weighted by Gasteiger charge is -2.24. The van der Waals surface area contributed by atoms with Crippen molar-refractivity contribution in [2.45, 2.75) is 38.6 Å². The first-order valence-corrected chi connectivity index (χ1v) is 6.50. The van der Waals surface area contributed by atoms with Crippen LogP contribution in [-0.2, 0) is 4.79 Å². The molecule has 1 aliphatic rings. The van der Waals surface area contributed by atoms with E-state index in [9.17, 15) is 4.79 Å². The number of hydrogen-bond acceptors (Lipinski definition) is 4. The molecular formula is C12H17ClN4O. The lowest BCUT2D eigenvalue weighted by Crippen LogP contribution is -2.32. The molecule has 3 N–H and O–H groups in total. The Balaban J connectivity index is 1.98. The third-order valence-corrected chi connectivity index (χ3v) is 3.39. The summed E-state index contributed by atoms with van der Waals surface area (Å²) in [4.78, 5) is 20.1. The van der Waals surface area contributed by atoms with Crippen molar-refractivity contribution in [1.82, 2.24) is 9.97 Å². The Morgan fingerprint density at radius 2 is 2.06 bits per heavy atom. The van der Waals surface area contributed by atoms with Gasteiger partial charge in [-0.3, -0.25) is 10.1 Å². The second kappa shape index (κ2) is 5.63. The number of aromatic nitrogens is 2. The van der Waals surface area contributed by atoms with Crippen LogP contribution in [0.4, 0.5) is 5.95 Å². The second-order valence-corrected chi connectivity index (χ2v) is 5.14. The lowest BCUT2D eigenvalue weighted by atomic mass is 9.86. The van der Waals surface area contributed by atoms with Gasteiger partial charge in [0.2, 0.25) is 11.9 Å². The minimum atomic E-state index is -0.0384. The second-order valence-electron chi connectivity index (χ2n) is 4.76. The summed E-state index contributed by atoms with van der Waals surface area (Å²) in [7, 11) is 0. The van der Waals surface area contributed by atoms with E-state index in [0.717, 1.165) is 31.4 Å². The molecule has 1 aromatic rings. The predicted molar refractivity (Wildman–Crippen MR) is 70.3 cm³/mol. The van der Waals surface area contributed by atoms with E-state index in [0.29, 0.717) is 5.15 Å². The van der Waals surface area contributed by atoms with Crippen LogP contribution in [-0.4, -0.2) is 21.9 Å². The Kier molecular flexibility index (Phi) is 4.14. The third kappa shape index (κ3) is 3.40. The highest BCUT2D eigenvalue weighted by molar-refractivity contribution is 6.29. The molecule has 0 spiro atoms. The fourth-order valence-corrected chi connectivity index (χ4v) is 2.42. The first-order chi connectivity index (χ1) is 8.54. The predicted octanol–water partition coefficient (Wildman–Crippen LogP) is 1.89. The highest BCUT2D eigenvalue weighted by Gasteiger charge is 2.25. The van der Waals surface area contributed by atoms with E-state index in [2.05, 4.69) is 15.3 Å². The Hall–Kier alpha value is -1.20. The smallest absolute Gasteiger partial charge is 0.231 e. The first-order valence-electron chi connectivity index (χ1n) is 6.12. The van der Waals surface area contributed by atoms with E-state index in [1.54, 1.807) is 6.07 Å². The van der Waals surface area contributed by atoms with Crippen molar-refractivity contribution < 1.29 is 4.79 Å². The minimum absolute atomic E-state index is 0.00712. The van der Waals surface area contributed by atoms with Crippen molar-refractivity contribution in [2.75, 3.05) is 5.32 Å². The zero-order valence-corrected chi connectivity index (χ0v) is 11.1. The average molecular weight is 269 g/mol. The van der Waals surface area contributed by atoms with Gasteiger partial charge in [-0.25, -0.2) is 9.97 Å². The summed E-state index contributed by atoms with van der Waals surface area (Å²) in [5.74, 6) is 0.246. The van der Waals surface area contributed by atoms with Crippen LogP contribution in [0.15, 0.2) is 6.07 Å². The molecule has 5 nitrogen and oxygen atoms in total. The quantitative estimate of drug-likeness (QED) is 0.803. The van der Waals surface area contributed by atoms with Crippen LogP contribution in [0.1, 0.15) is 31.4 Å². The molecule has 1 amide bonds. The Morgan fingerprint density at radius 1 is 1.39 bits per heavy atom. The fraction of sp³-hybridized carbons (Fsp3) is 0.583. The van der Waals surface area contributed by atoms with E-state index in [-0.39, 0.29) is 23.8 Å². The number of rotatable bonds is 2. The number of halogens is 1. The van der Waals surface area contributed by atoms with Crippen LogP contribution in [0.3, 0.4) is 0 Å². The van der Waals surface area contributed by atoms with E-state index in [1.807, 2.05) is 6.92 Å². The summed E-state index contributed by atoms with van der Waals surface area (Å²) in [5, 5.41) is 3.06. The number of amides is 1. The molecule has 0 atom stereocenters. The average Bonchev–Trinajstić information content (AvgIpc) is 2.28. The molecule has 1 aromatic heterocycles. The molecule has 0 aromatic carbocycles. The molecule has 1 saturated carbocycles. The van der Waals surface area contributed by atoms with Gasteiger partial charge in [0.1, 0.15) is 5.15 Å². The van der Waals surface area contributed by atoms with Gasteiger partial charge in [0.05, 0.1) is 0 Å². The number of carbonyl (C=O) groups is 1. The van der Waals surface area contributed by atoms with Crippen LogP contribution in [0, 0.1) is 12.8 Å². The fourth-order valence-electron chi connectivity index (χ4n) is 2.18. The number of nitrogens with two attached hydrogens (primary N) is 1.